The van der Waals surface area contributed by atoms with Gasteiger partial charge in [-0.15, -0.1) is 6.58 Å². The molecule has 16 heavy (non-hydrogen) atoms. The standard InChI is InChI=1S/C13H14O3/c1-2-7-14-8-3-4-11-5-6-12-13(9-11)16-10-15-12/h2-6,9H,1,7-8,10H2. The van der Waals surface area contributed by atoms with Crippen molar-refractivity contribution in [1.82, 2.24) is 0 Å². The molecule has 1 aromatic rings. The van der Waals surface area contributed by atoms with E-state index >= 15 is 0 Å². The minimum absolute atomic E-state index is 0.310. The van der Waals surface area contributed by atoms with E-state index in [-0.39, 0.29) is 0 Å². The molecular formula is C13H14O3. The summed E-state index contributed by atoms with van der Waals surface area (Å²) in [6, 6.07) is 5.84. The van der Waals surface area contributed by atoms with Gasteiger partial charge in [-0.3, -0.25) is 0 Å². The third-order valence-corrected chi connectivity index (χ3v) is 2.16. The quantitative estimate of drug-likeness (QED) is 0.561. The summed E-state index contributed by atoms with van der Waals surface area (Å²) >= 11 is 0. The highest BCUT2D eigenvalue weighted by atomic mass is 16.7. The SMILES string of the molecule is C=CCOCC=Cc1ccc2c(c1)OCO2. The van der Waals surface area contributed by atoms with E-state index in [0.717, 1.165) is 17.1 Å². The van der Waals surface area contributed by atoms with Crippen molar-refractivity contribution >= 4 is 6.08 Å². The zero-order valence-corrected chi connectivity index (χ0v) is 9.02. The van der Waals surface area contributed by atoms with E-state index in [9.17, 15) is 0 Å². The Hall–Kier alpha value is -1.74. The van der Waals surface area contributed by atoms with Gasteiger partial charge >= 0.3 is 0 Å². The topological polar surface area (TPSA) is 27.7 Å². The minimum Gasteiger partial charge on any atom is -0.454 e. The molecule has 0 radical (unpaired) electrons. The second-order valence-corrected chi connectivity index (χ2v) is 3.34. The van der Waals surface area contributed by atoms with Crippen molar-refractivity contribution in [3.05, 3.63) is 42.5 Å². The maximum atomic E-state index is 5.28. The number of hydrogen-bond donors (Lipinski definition) is 0. The number of hydrogen-bond acceptors (Lipinski definition) is 3. The van der Waals surface area contributed by atoms with Crippen LogP contribution in [0.4, 0.5) is 0 Å². The van der Waals surface area contributed by atoms with Crippen LogP contribution in [-0.4, -0.2) is 20.0 Å². The van der Waals surface area contributed by atoms with E-state index in [2.05, 4.69) is 6.58 Å². The van der Waals surface area contributed by atoms with Crippen molar-refractivity contribution < 1.29 is 14.2 Å². The Morgan fingerprint density at radius 2 is 2.12 bits per heavy atom. The molecule has 1 aliphatic heterocycles. The number of ether oxygens (including phenoxy) is 3. The molecule has 0 fully saturated rings. The first kappa shape index (κ1) is 10.8. The van der Waals surface area contributed by atoms with Gasteiger partial charge in [0, 0.05) is 0 Å². The molecule has 0 amide bonds. The molecule has 0 saturated carbocycles. The second kappa shape index (κ2) is 5.37. The zero-order valence-electron chi connectivity index (χ0n) is 9.02. The Labute approximate surface area is 94.9 Å². The fraction of sp³-hybridized carbons (Fsp3) is 0.231. The van der Waals surface area contributed by atoms with Crippen LogP contribution in [0.1, 0.15) is 5.56 Å². The molecular weight excluding hydrogens is 204 g/mol. The van der Waals surface area contributed by atoms with Crippen LogP contribution < -0.4 is 9.47 Å². The molecule has 3 heteroatoms. The summed E-state index contributed by atoms with van der Waals surface area (Å²) in [7, 11) is 0. The van der Waals surface area contributed by atoms with Gasteiger partial charge in [-0.2, -0.15) is 0 Å². The lowest BCUT2D eigenvalue weighted by molar-refractivity contribution is 0.174. The van der Waals surface area contributed by atoms with Gasteiger partial charge in [-0.1, -0.05) is 24.3 Å². The maximum absolute atomic E-state index is 5.28. The Balaban J connectivity index is 1.92. The van der Waals surface area contributed by atoms with Crippen molar-refractivity contribution in [1.29, 1.82) is 0 Å². The van der Waals surface area contributed by atoms with Crippen molar-refractivity contribution in [2.24, 2.45) is 0 Å². The molecule has 1 aliphatic rings. The van der Waals surface area contributed by atoms with Crippen molar-refractivity contribution in [2.45, 2.75) is 0 Å². The Kier molecular flexibility index (Phi) is 3.62. The first-order chi connectivity index (χ1) is 7.90. The van der Waals surface area contributed by atoms with Gasteiger partial charge in [0.1, 0.15) is 0 Å². The molecule has 0 N–H and O–H groups in total. The summed E-state index contributed by atoms with van der Waals surface area (Å²) < 4.78 is 15.7. The van der Waals surface area contributed by atoms with Crippen molar-refractivity contribution in [2.75, 3.05) is 20.0 Å². The monoisotopic (exact) mass is 218 g/mol. The molecule has 3 nitrogen and oxygen atoms in total. The lowest BCUT2D eigenvalue weighted by Crippen LogP contribution is -1.92. The highest BCUT2D eigenvalue weighted by molar-refractivity contribution is 5.56. The highest BCUT2D eigenvalue weighted by Crippen LogP contribution is 2.32. The van der Waals surface area contributed by atoms with Gasteiger partial charge in [0.05, 0.1) is 13.2 Å². The molecule has 0 aromatic heterocycles. The molecule has 0 saturated heterocycles. The summed E-state index contributed by atoms with van der Waals surface area (Å²) in [5.41, 5.74) is 1.08. The van der Waals surface area contributed by atoms with Crippen LogP contribution in [0.3, 0.4) is 0 Å². The third kappa shape index (κ3) is 2.64. The molecule has 0 atom stereocenters. The molecule has 84 valence electrons. The van der Waals surface area contributed by atoms with E-state index < -0.39 is 0 Å². The minimum atomic E-state index is 0.310. The summed E-state index contributed by atoms with van der Waals surface area (Å²) in [6.45, 7) is 5.05. The fourth-order valence-corrected chi connectivity index (χ4v) is 1.42. The Morgan fingerprint density at radius 1 is 1.25 bits per heavy atom. The van der Waals surface area contributed by atoms with Crippen LogP contribution in [0, 0.1) is 0 Å². The van der Waals surface area contributed by atoms with E-state index in [0.29, 0.717) is 20.0 Å². The van der Waals surface area contributed by atoms with Crippen LogP contribution in [0.5, 0.6) is 11.5 Å². The first-order valence-electron chi connectivity index (χ1n) is 5.15. The molecule has 1 aromatic carbocycles. The van der Waals surface area contributed by atoms with E-state index in [1.54, 1.807) is 6.08 Å². The average Bonchev–Trinajstić information content (AvgIpc) is 2.76. The van der Waals surface area contributed by atoms with E-state index in [1.807, 2.05) is 30.4 Å². The van der Waals surface area contributed by atoms with E-state index in [4.69, 9.17) is 14.2 Å². The lowest BCUT2D eigenvalue weighted by Gasteiger charge is -1.98. The second-order valence-electron chi connectivity index (χ2n) is 3.34. The summed E-state index contributed by atoms with van der Waals surface area (Å²) in [6.07, 6.45) is 5.68. The predicted octanol–water partition coefficient (Wildman–Crippen LogP) is 2.63. The maximum Gasteiger partial charge on any atom is 0.231 e. The van der Waals surface area contributed by atoms with Crippen LogP contribution in [-0.2, 0) is 4.74 Å². The summed E-state index contributed by atoms with van der Waals surface area (Å²) in [5, 5.41) is 0. The van der Waals surface area contributed by atoms with Gasteiger partial charge in [0.15, 0.2) is 11.5 Å². The van der Waals surface area contributed by atoms with Crippen molar-refractivity contribution in [3.8, 4) is 11.5 Å². The van der Waals surface area contributed by atoms with Crippen molar-refractivity contribution in [3.63, 3.8) is 0 Å². The molecule has 0 bridgehead atoms. The Morgan fingerprint density at radius 3 is 3.00 bits per heavy atom. The lowest BCUT2D eigenvalue weighted by atomic mass is 10.2. The van der Waals surface area contributed by atoms with Gasteiger partial charge in [0.2, 0.25) is 6.79 Å². The summed E-state index contributed by atoms with van der Waals surface area (Å²) in [5.74, 6) is 1.61. The van der Waals surface area contributed by atoms with Crippen LogP contribution in [0.2, 0.25) is 0 Å². The number of fused-ring (bicyclic) bond motifs is 1. The molecule has 0 spiro atoms. The smallest absolute Gasteiger partial charge is 0.231 e. The van der Waals surface area contributed by atoms with Crippen LogP contribution >= 0.6 is 0 Å². The normalized spacial score (nSPS) is 13.2. The third-order valence-electron chi connectivity index (χ3n) is 2.16. The van der Waals surface area contributed by atoms with Gasteiger partial charge in [-0.25, -0.2) is 0 Å². The van der Waals surface area contributed by atoms with Gasteiger partial charge in [0.25, 0.3) is 0 Å². The molecule has 2 rings (SSSR count). The van der Waals surface area contributed by atoms with E-state index in [1.165, 1.54) is 0 Å². The Bertz CT molecular complexity index is 396. The first-order valence-corrected chi connectivity index (χ1v) is 5.15. The van der Waals surface area contributed by atoms with Crippen LogP contribution in [0.15, 0.2) is 36.9 Å². The number of benzene rings is 1. The number of rotatable bonds is 5. The highest BCUT2D eigenvalue weighted by Gasteiger charge is 2.11. The molecule has 1 heterocycles. The summed E-state index contributed by atoms with van der Waals surface area (Å²) in [4.78, 5) is 0. The molecule has 0 aliphatic carbocycles. The zero-order chi connectivity index (χ0) is 11.2. The van der Waals surface area contributed by atoms with Gasteiger partial charge in [-0.05, 0) is 17.7 Å². The van der Waals surface area contributed by atoms with Crippen LogP contribution in [0.25, 0.3) is 6.08 Å². The predicted molar refractivity (Wildman–Crippen MR) is 62.6 cm³/mol. The largest absolute Gasteiger partial charge is 0.454 e. The average molecular weight is 218 g/mol. The fourth-order valence-electron chi connectivity index (χ4n) is 1.42. The molecule has 0 unspecified atom stereocenters. The van der Waals surface area contributed by atoms with Gasteiger partial charge < -0.3 is 14.2 Å².